The van der Waals surface area contributed by atoms with Crippen molar-refractivity contribution < 1.29 is 14.3 Å². The first-order valence-electron chi connectivity index (χ1n) is 10.1. The van der Waals surface area contributed by atoms with Gasteiger partial charge in [-0.1, -0.05) is 47.5 Å². The zero-order chi connectivity index (χ0) is 22.9. The van der Waals surface area contributed by atoms with Gasteiger partial charge in [-0.05, 0) is 67.4 Å². The fourth-order valence-electron chi connectivity index (χ4n) is 2.88. The summed E-state index contributed by atoms with van der Waals surface area (Å²) in [7, 11) is 0. The van der Waals surface area contributed by atoms with Gasteiger partial charge in [-0.3, -0.25) is 4.79 Å². The van der Waals surface area contributed by atoms with Crippen LogP contribution in [0, 0.1) is 18.3 Å². The number of anilines is 1. The van der Waals surface area contributed by atoms with Crippen molar-refractivity contribution in [3.63, 3.8) is 0 Å². The molecule has 0 fully saturated rings. The lowest BCUT2D eigenvalue weighted by Crippen LogP contribution is -2.13. The second-order valence-electron chi connectivity index (χ2n) is 7.05. The molecule has 0 bridgehead atoms. The summed E-state index contributed by atoms with van der Waals surface area (Å²) in [4.78, 5) is 12.5. The number of nitrogens with one attached hydrogen (secondary N) is 1. The van der Waals surface area contributed by atoms with E-state index in [9.17, 15) is 10.1 Å². The van der Waals surface area contributed by atoms with Crippen LogP contribution >= 0.6 is 11.6 Å². The van der Waals surface area contributed by atoms with E-state index in [2.05, 4.69) is 5.32 Å². The molecular weight excluding hydrogens is 424 g/mol. The third-order valence-corrected chi connectivity index (χ3v) is 4.87. The van der Waals surface area contributed by atoms with E-state index in [1.165, 1.54) is 11.6 Å². The first kappa shape index (κ1) is 22.9. The fourth-order valence-corrected chi connectivity index (χ4v) is 3.13. The average Bonchev–Trinajstić information content (AvgIpc) is 2.79. The molecule has 0 saturated carbocycles. The summed E-state index contributed by atoms with van der Waals surface area (Å²) in [5.41, 5.74) is 3.37. The summed E-state index contributed by atoms with van der Waals surface area (Å²) in [6.07, 6.45) is 1.49. The molecule has 1 amide bonds. The van der Waals surface area contributed by atoms with E-state index >= 15 is 0 Å². The third-order valence-electron chi connectivity index (χ3n) is 4.57. The van der Waals surface area contributed by atoms with E-state index in [1.807, 2.05) is 44.2 Å². The number of hydrogen-bond acceptors (Lipinski definition) is 4. The number of ether oxygens (including phenoxy) is 2. The largest absolute Gasteiger partial charge is 0.494 e. The Bertz CT molecular complexity index is 1150. The van der Waals surface area contributed by atoms with Gasteiger partial charge in [0.15, 0.2) is 0 Å². The molecule has 0 atom stereocenters. The van der Waals surface area contributed by atoms with Crippen LogP contribution < -0.4 is 14.8 Å². The number of amides is 1. The maximum Gasteiger partial charge on any atom is 0.266 e. The number of aryl methyl sites for hydroxylation is 1. The maximum atomic E-state index is 12.5. The van der Waals surface area contributed by atoms with Crippen molar-refractivity contribution in [1.29, 1.82) is 5.26 Å². The highest BCUT2D eigenvalue weighted by molar-refractivity contribution is 6.32. The highest BCUT2D eigenvalue weighted by Gasteiger charge is 2.11. The van der Waals surface area contributed by atoms with Crippen molar-refractivity contribution in [2.45, 2.75) is 20.5 Å². The molecule has 0 unspecified atom stereocenters. The lowest BCUT2D eigenvalue weighted by atomic mass is 10.1. The van der Waals surface area contributed by atoms with Crippen LogP contribution in [0.4, 0.5) is 5.69 Å². The van der Waals surface area contributed by atoms with E-state index in [0.29, 0.717) is 41.0 Å². The van der Waals surface area contributed by atoms with Crippen LogP contribution in [-0.4, -0.2) is 12.5 Å². The second kappa shape index (κ2) is 11.0. The molecule has 0 radical (unpaired) electrons. The first-order chi connectivity index (χ1) is 15.5. The number of rotatable bonds is 8. The summed E-state index contributed by atoms with van der Waals surface area (Å²) in [5.74, 6) is 0.732. The number of nitrogens with zero attached hydrogens (tertiary/aromatic N) is 1. The van der Waals surface area contributed by atoms with Crippen molar-refractivity contribution in [2.75, 3.05) is 11.9 Å². The number of carbonyl (C=O) groups is 1. The molecule has 1 N–H and O–H groups in total. The SMILES string of the molecule is CCOc1ccc(NC(=O)/C(C#N)=C/c2ccc(OCc3ccc(C)cc3)c(Cl)c2)cc1. The zero-order valence-corrected chi connectivity index (χ0v) is 18.6. The predicted molar refractivity (Wildman–Crippen MR) is 127 cm³/mol. The molecule has 3 aromatic rings. The molecule has 0 aliphatic carbocycles. The number of hydrogen-bond donors (Lipinski definition) is 1. The number of nitriles is 1. The van der Waals surface area contributed by atoms with Crippen molar-refractivity contribution in [1.82, 2.24) is 0 Å². The molecule has 0 heterocycles. The number of benzene rings is 3. The fraction of sp³-hybridized carbons (Fsp3) is 0.154. The van der Waals surface area contributed by atoms with Crippen LogP contribution in [0.3, 0.4) is 0 Å². The first-order valence-corrected chi connectivity index (χ1v) is 10.5. The Morgan fingerprint density at radius 2 is 1.78 bits per heavy atom. The van der Waals surface area contributed by atoms with Crippen molar-refractivity contribution in [3.8, 4) is 17.6 Å². The third kappa shape index (κ3) is 6.37. The standard InChI is InChI=1S/C26H23ClN2O3/c1-3-31-23-11-9-22(10-12-23)29-26(30)21(16-28)14-20-8-13-25(24(27)15-20)32-17-19-6-4-18(2)5-7-19/h4-15H,3,17H2,1-2H3,(H,29,30)/b21-14+. The topological polar surface area (TPSA) is 71.3 Å². The predicted octanol–water partition coefficient (Wildman–Crippen LogP) is 6.17. The summed E-state index contributed by atoms with van der Waals surface area (Å²) in [6.45, 7) is 4.88. The van der Waals surface area contributed by atoms with Gasteiger partial charge in [0.05, 0.1) is 11.6 Å². The van der Waals surface area contributed by atoms with Crippen LogP contribution in [0.15, 0.2) is 72.3 Å². The monoisotopic (exact) mass is 446 g/mol. The van der Waals surface area contributed by atoms with Crippen LogP contribution in [0.2, 0.25) is 5.02 Å². The summed E-state index contributed by atoms with van der Waals surface area (Å²) >= 11 is 6.35. The molecule has 0 saturated heterocycles. The molecule has 5 nitrogen and oxygen atoms in total. The minimum absolute atomic E-state index is 0.0386. The molecule has 0 aromatic heterocycles. The second-order valence-corrected chi connectivity index (χ2v) is 7.45. The van der Waals surface area contributed by atoms with Crippen molar-refractivity contribution >= 4 is 29.3 Å². The molecule has 3 rings (SSSR count). The van der Waals surface area contributed by atoms with Crippen LogP contribution in [0.25, 0.3) is 6.08 Å². The Morgan fingerprint density at radius 1 is 1.06 bits per heavy atom. The van der Waals surface area contributed by atoms with E-state index in [0.717, 1.165) is 5.56 Å². The Kier molecular flexibility index (Phi) is 7.91. The van der Waals surface area contributed by atoms with Gasteiger partial charge in [0.1, 0.15) is 29.7 Å². The van der Waals surface area contributed by atoms with Gasteiger partial charge in [0, 0.05) is 5.69 Å². The van der Waals surface area contributed by atoms with Crippen molar-refractivity contribution in [3.05, 3.63) is 94.0 Å². The quantitative estimate of drug-likeness (QED) is 0.331. The van der Waals surface area contributed by atoms with E-state index in [-0.39, 0.29) is 5.57 Å². The Labute approximate surface area is 192 Å². The normalized spacial score (nSPS) is 10.9. The van der Waals surface area contributed by atoms with Gasteiger partial charge in [0.2, 0.25) is 0 Å². The highest BCUT2D eigenvalue weighted by atomic mass is 35.5. The Hall–Kier alpha value is -3.75. The number of halogens is 1. The van der Waals surface area contributed by atoms with Gasteiger partial charge in [0.25, 0.3) is 5.91 Å². The minimum atomic E-state index is -0.507. The average molecular weight is 447 g/mol. The van der Waals surface area contributed by atoms with E-state index in [1.54, 1.807) is 42.5 Å². The molecule has 3 aromatic carbocycles. The van der Waals surface area contributed by atoms with Gasteiger partial charge in [-0.2, -0.15) is 5.26 Å². The lowest BCUT2D eigenvalue weighted by molar-refractivity contribution is -0.112. The maximum absolute atomic E-state index is 12.5. The van der Waals surface area contributed by atoms with E-state index < -0.39 is 5.91 Å². The van der Waals surface area contributed by atoms with Crippen LogP contribution in [0.5, 0.6) is 11.5 Å². The molecule has 0 aliphatic rings. The molecule has 6 heteroatoms. The van der Waals surface area contributed by atoms with Crippen LogP contribution in [0.1, 0.15) is 23.6 Å². The molecule has 32 heavy (non-hydrogen) atoms. The molecule has 162 valence electrons. The van der Waals surface area contributed by atoms with Gasteiger partial charge in [-0.15, -0.1) is 0 Å². The Balaban J connectivity index is 1.66. The van der Waals surface area contributed by atoms with Crippen LogP contribution in [-0.2, 0) is 11.4 Å². The van der Waals surface area contributed by atoms with Gasteiger partial charge < -0.3 is 14.8 Å². The highest BCUT2D eigenvalue weighted by Crippen LogP contribution is 2.27. The smallest absolute Gasteiger partial charge is 0.266 e. The summed E-state index contributed by atoms with van der Waals surface area (Å²) < 4.78 is 11.2. The Morgan fingerprint density at radius 3 is 2.41 bits per heavy atom. The molecule has 0 aliphatic heterocycles. The lowest BCUT2D eigenvalue weighted by Gasteiger charge is -2.09. The van der Waals surface area contributed by atoms with Gasteiger partial charge in [-0.25, -0.2) is 0 Å². The minimum Gasteiger partial charge on any atom is -0.494 e. The summed E-state index contributed by atoms with van der Waals surface area (Å²) in [5, 5.41) is 12.6. The molecule has 0 spiro atoms. The summed E-state index contributed by atoms with van der Waals surface area (Å²) in [6, 6.07) is 22.1. The number of carbonyl (C=O) groups excluding carboxylic acids is 1. The van der Waals surface area contributed by atoms with Gasteiger partial charge >= 0.3 is 0 Å². The van der Waals surface area contributed by atoms with Crippen molar-refractivity contribution in [2.24, 2.45) is 0 Å². The zero-order valence-electron chi connectivity index (χ0n) is 17.9. The molecular formula is C26H23ClN2O3. The van der Waals surface area contributed by atoms with E-state index in [4.69, 9.17) is 21.1 Å².